The van der Waals surface area contributed by atoms with E-state index in [2.05, 4.69) is 31.3 Å². The van der Waals surface area contributed by atoms with E-state index in [0.717, 1.165) is 27.7 Å². The second-order valence-electron chi connectivity index (χ2n) is 7.56. The van der Waals surface area contributed by atoms with Gasteiger partial charge in [0.1, 0.15) is 22.5 Å². The summed E-state index contributed by atoms with van der Waals surface area (Å²) in [5, 5.41) is 19.2. The van der Waals surface area contributed by atoms with E-state index in [1.165, 1.54) is 4.80 Å². The Morgan fingerprint density at radius 2 is 1.71 bits per heavy atom. The number of fused-ring (bicyclic) bond motifs is 1. The van der Waals surface area contributed by atoms with Crippen molar-refractivity contribution >= 4 is 22.6 Å². The predicted molar refractivity (Wildman–Crippen MR) is 106 cm³/mol. The van der Waals surface area contributed by atoms with Crippen LogP contribution in [0.2, 0.25) is 0 Å². The van der Waals surface area contributed by atoms with E-state index in [9.17, 15) is 9.90 Å². The van der Waals surface area contributed by atoms with E-state index in [4.69, 9.17) is 0 Å². The number of aromatic nitrogens is 3. The van der Waals surface area contributed by atoms with Gasteiger partial charge in [0.05, 0.1) is 34.2 Å². The van der Waals surface area contributed by atoms with Crippen LogP contribution >= 0.6 is 0 Å². The number of likely N-dealkylation sites (N-methyl/N-ethyl adjacent to an activating group) is 1. The van der Waals surface area contributed by atoms with Gasteiger partial charge in [0.15, 0.2) is 0 Å². The summed E-state index contributed by atoms with van der Waals surface area (Å²) in [5.74, 6) is 0.105. The van der Waals surface area contributed by atoms with Gasteiger partial charge < -0.3 is 26.9 Å². The highest BCUT2D eigenvalue weighted by molar-refractivity contribution is 5.93. The van der Waals surface area contributed by atoms with Gasteiger partial charge in [-0.15, -0.1) is 15.0 Å². The lowest BCUT2D eigenvalue weighted by Gasteiger charge is -2.29. The topological polar surface area (TPSA) is 71.2 Å². The van der Waals surface area contributed by atoms with Crippen molar-refractivity contribution in [2.75, 3.05) is 39.1 Å². The largest absolute Gasteiger partial charge is 1.00 e. The monoisotopic (exact) mass is 403 g/mol. The zero-order valence-corrected chi connectivity index (χ0v) is 17.4. The van der Waals surface area contributed by atoms with Crippen LogP contribution in [0.3, 0.4) is 0 Å². The van der Waals surface area contributed by atoms with Crippen molar-refractivity contribution in [2.24, 2.45) is 0 Å². The number of anilines is 1. The number of amides is 1. The van der Waals surface area contributed by atoms with Crippen LogP contribution in [0.15, 0.2) is 42.5 Å². The molecule has 0 fully saturated rings. The third-order valence-electron chi connectivity index (χ3n) is 4.37. The SMILES string of the molecule is CCC(=O)N(CC[N+](C)(C)C)c1ccc(O)c(-n2nc3ccccc3n2)c1.[Cl-]. The lowest BCUT2D eigenvalue weighted by Crippen LogP contribution is -3.00. The Hall–Kier alpha value is -2.64. The summed E-state index contributed by atoms with van der Waals surface area (Å²) in [6.45, 7) is 3.26. The van der Waals surface area contributed by atoms with E-state index in [-0.39, 0.29) is 24.1 Å². The highest BCUT2D eigenvalue weighted by Crippen LogP contribution is 2.28. The zero-order valence-electron chi connectivity index (χ0n) is 16.6. The predicted octanol–water partition coefficient (Wildman–Crippen LogP) is -0.421. The number of nitrogens with zero attached hydrogens (tertiary/aromatic N) is 5. The Labute approximate surface area is 171 Å². The Balaban J connectivity index is 0.00000280. The van der Waals surface area contributed by atoms with E-state index >= 15 is 0 Å². The number of carbonyl (C=O) groups is 1. The zero-order chi connectivity index (χ0) is 19.6. The molecule has 0 spiro atoms. The Bertz CT molecular complexity index is 932. The number of aromatic hydroxyl groups is 1. The van der Waals surface area contributed by atoms with Gasteiger partial charge in [-0.2, -0.15) is 0 Å². The molecule has 150 valence electrons. The van der Waals surface area contributed by atoms with Crippen molar-refractivity contribution in [2.45, 2.75) is 13.3 Å². The van der Waals surface area contributed by atoms with Gasteiger partial charge in [0.2, 0.25) is 5.91 Å². The standard InChI is InChI=1S/C20H25N5O2.ClH/c1-5-20(27)23(12-13-25(2,3)4)15-10-11-19(26)18(14-15)24-21-16-8-6-7-9-17(16)22-24;/h6-11,14H,5,12-13H2,1-4H3;1H. The first-order chi connectivity index (χ1) is 12.8. The molecule has 0 aliphatic rings. The van der Waals surface area contributed by atoms with Gasteiger partial charge in [0, 0.05) is 12.1 Å². The van der Waals surface area contributed by atoms with Crippen molar-refractivity contribution in [3.05, 3.63) is 42.5 Å². The van der Waals surface area contributed by atoms with Gasteiger partial charge in [-0.3, -0.25) is 4.79 Å². The van der Waals surface area contributed by atoms with Gasteiger partial charge >= 0.3 is 0 Å². The van der Waals surface area contributed by atoms with Crippen LogP contribution in [0, 0.1) is 0 Å². The molecule has 1 amide bonds. The van der Waals surface area contributed by atoms with Gasteiger partial charge in [0.25, 0.3) is 0 Å². The minimum absolute atomic E-state index is 0. The Morgan fingerprint density at radius 3 is 2.25 bits per heavy atom. The molecule has 0 saturated carbocycles. The molecule has 0 saturated heterocycles. The molecular formula is C20H26ClN5O2. The van der Waals surface area contributed by atoms with E-state index < -0.39 is 0 Å². The van der Waals surface area contributed by atoms with Crippen molar-refractivity contribution < 1.29 is 26.8 Å². The molecule has 0 radical (unpaired) electrons. The number of quaternary nitrogens is 1. The summed E-state index contributed by atoms with van der Waals surface area (Å²) in [6, 6.07) is 12.6. The number of phenols is 1. The van der Waals surface area contributed by atoms with Crippen LogP contribution < -0.4 is 17.3 Å². The molecule has 1 heterocycles. The van der Waals surface area contributed by atoms with E-state index in [0.29, 0.717) is 18.7 Å². The van der Waals surface area contributed by atoms with Gasteiger partial charge in [-0.05, 0) is 30.3 Å². The molecule has 1 aromatic heterocycles. The van der Waals surface area contributed by atoms with Crippen LogP contribution in [0.25, 0.3) is 16.7 Å². The van der Waals surface area contributed by atoms with E-state index in [1.807, 2.05) is 31.2 Å². The maximum absolute atomic E-state index is 12.5. The number of benzene rings is 2. The highest BCUT2D eigenvalue weighted by atomic mass is 35.5. The first-order valence-corrected chi connectivity index (χ1v) is 9.05. The summed E-state index contributed by atoms with van der Waals surface area (Å²) in [4.78, 5) is 15.7. The molecule has 7 nitrogen and oxygen atoms in total. The molecule has 0 bridgehead atoms. The maximum atomic E-state index is 12.5. The number of carbonyl (C=O) groups excluding carboxylic acids is 1. The minimum atomic E-state index is 0. The maximum Gasteiger partial charge on any atom is 0.226 e. The number of halogens is 1. The van der Waals surface area contributed by atoms with E-state index in [1.54, 1.807) is 23.1 Å². The van der Waals surface area contributed by atoms with Crippen LogP contribution in [0.5, 0.6) is 5.75 Å². The first kappa shape index (κ1) is 21.7. The van der Waals surface area contributed by atoms with Crippen molar-refractivity contribution in [3.8, 4) is 11.4 Å². The average molecular weight is 404 g/mol. The van der Waals surface area contributed by atoms with Gasteiger partial charge in [-0.25, -0.2) is 0 Å². The minimum Gasteiger partial charge on any atom is -1.00 e. The molecule has 0 atom stereocenters. The number of hydrogen-bond donors (Lipinski definition) is 1. The molecule has 3 rings (SSSR count). The molecular weight excluding hydrogens is 378 g/mol. The molecule has 0 aliphatic carbocycles. The summed E-state index contributed by atoms with van der Waals surface area (Å²) in [6.07, 6.45) is 0.414. The van der Waals surface area contributed by atoms with Crippen molar-refractivity contribution in [1.29, 1.82) is 0 Å². The second-order valence-corrected chi connectivity index (χ2v) is 7.56. The second kappa shape index (κ2) is 8.58. The highest BCUT2D eigenvalue weighted by Gasteiger charge is 2.20. The van der Waals surface area contributed by atoms with Gasteiger partial charge in [-0.1, -0.05) is 19.1 Å². The molecule has 28 heavy (non-hydrogen) atoms. The molecule has 2 aromatic carbocycles. The quantitative estimate of drug-likeness (QED) is 0.567. The number of hydrogen-bond acceptors (Lipinski definition) is 4. The van der Waals surface area contributed by atoms with Crippen LogP contribution in [0.4, 0.5) is 5.69 Å². The summed E-state index contributed by atoms with van der Waals surface area (Å²) < 4.78 is 0.755. The Kier molecular flexibility index (Phi) is 6.64. The molecule has 1 N–H and O–H groups in total. The average Bonchev–Trinajstić information content (AvgIpc) is 3.05. The molecule has 3 aromatic rings. The molecule has 0 unspecified atom stereocenters. The lowest BCUT2D eigenvalue weighted by atomic mass is 10.2. The fraction of sp³-hybridized carbons (Fsp3) is 0.350. The summed E-state index contributed by atoms with van der Waals surface area (Å²) in [7, 11) is 6.28. The summed E-state index contributed by atoms with van der Waals surface area (Å²) in [5.41, 5.74) is 2.66. The smallest absolute Gasteiger partial charge is 0.226 e. The lowest BCUT2D eigenvalue weighted by molar-refractivity contribution is -0.868. The third-order valence-corrected chi connectivity index (χ3v) is 4.37. The van der Waals surface area contributed by atoms with Crippen molar-refractivity contribution in [1.82, 2.24) is 15.0 Å². The van der Waals surface area contributed by atoms with Crippen LogP contribution in [-0.4, -0.2) is 64.7 Å². The van der Waals surface area contributed by atoms with Crippen LogP contribution in [-0.2, 0) is 4.79 Å². The summed E-state index contributed by atoms with van der Waals surface area (Å²) >= 11 is 0. The fourth-order valence-corrected chi connectivity index (χ4v) is 2.80. The van der Waals surface area contributed by atoms with Crippen LogP contribution in [0.1, 0.15) is 13.3 Å². The third kappa shape index (κ3) is 4.79. The molecule has 0 aliphatic heterocycles. The number of rotatable bonds is 6. The molecule has 8 heteroatoms. The van der Waals surface area contributed by atoms with Crippen molar-refractivity contribution in [3.63, 3.8) is 0 Å². The number of phenolic OH excluding ortho intramolecular Hbond substituents is 1. The Morgan fingerprint density at radius 1 is 1.11 bits per heavy atom. The first-order valence-electron chi connectivity index (χ1n) is 9.05. The normalized spacial score (nSPS) is 11.3. The fourth-order valence-electron chi connectivity index (χ4n) is 2.80.